The van der Waals surface area contributed by atoms with Crippen molar-refractivity contribution in [2.75, 3.05) is 6.67 Å². The highest BCUT2D eigenvalue weighted by Gasteiger charge is 2.12. The molecule has 3 aromatic rings. The highest BCUT2D eigenvalue weighted by Crippen LogP contribution is 2.26. The molecule has 3 rings (SSSR count). The predicted octanol–water partition coefficient (Wildman–Crippen LogP) is 4.11. The summed E-state index contributed by atoms with van der Waals surface area (Å²) in [5, 5.41) is 1.13. The van der Waals surface area contributed by atoms with Crippen molar-refractivity contribution < 1.29 is 0 Å². The number of aryl methyl sites for hydroxylation is 1. The zero-order chi connectivity index (χ0) is 17.6. The van der Waals surface area contributed by atoms with Gasteiger partial charge < -0.3 is 10.3 Å². The number of nitrogens with two attached hydrogens (primary N) is 1. The van der Waals surface area contributed by atoms with Crippen molar-refractivity contribution in [2.24, 2.45) is 15.7 Å². The maximum atomic E-state index is 5.66. The van der Waals surface area contributed by atoms with E-state index < -0.39 is 0 Å². The van der Waals surface area contributed by atoms with Crippen LogP contribution in [0.5, 0.6) is 0 Å². The molecule has 0 amide bonds. The molecule has 0 aliphatic carbocycles. The number of benzene rings is 2. The van der Waals surface area contributed by atoms with Crippen LogP contribution in [-0.2, 0) is 6.42 Å². The van der Waals surface area contributed by atoms with Crippen molar-refractivity contribution in [3.05, 3.63) is 78.1 Å². The molecule has 1 aromatic heterocycles. The first-order valence-corrected chi connectivity index (χ1v) is 8.35. The first-order valence-electron chi connectivity index (χ1n) is 8.35. The van der Waals surface area contributed by atoms with Crippen molar-refractivity contribution in [1.29, 1.82) is 0 Å². The topological polar surface area (TPSA) is 55.7 Å². The van der Waals surface area contributed by atoms with Crippen molar-refractivity contribution in [3.8, 4) is 5.69 Å². The van der Waals surface area contributed by atoms with E-state index in [0.717, 1.165) is 34.3 Å². The molecule has 0 aliphatic heterocycles. The van der Waals surface area contributed by atoms with E-state index in [4.69, 9.17) is 5.73 Å². The minimum atomic E-state index is 0.224. The largest absolute Gasteiger partial charge is 0.316 e. The third kappa shape index (κ3) is 3.44. The second-order valence-corrected chi connectivity index (χ2v) is 5.67. The van der Waals surface area contributed by atoms with Crippen molar-refractivity contribution in [3.63, 3.8) is 0 Å². The molecule has 1 heterocycles. The minimum Gasteiger partial charge on any atom is -0.316 e. The Hall–Kier alpha value is -2.98. The molecule has 0 fully saturated rings. The Kier molecular flexibility index (Phi) is 5.21. The summed E-state index contributed by atoms with van der Waals surface area (Å²) < 4.78 is 2.19. The summed E-state index contributed by atoms with van der Waals surface area (Å²) in [6.07, 6.45) is 6.61. The molecule has 0 saturated carbocycles. The number of para-hydroxylation sites is 1. The number of aliphatic imine (C=N–C) groups is 2. The first kappa shape index (κ1) is 16.9. The van der Waals surface area contributed by atoms with Crippen LogP contribution in [-0.4, -0.2) is 23.7 Å². The maximum absolute atomic E-state index is 5.66. The lowest BCUT2D eigenvalue weighted by atomic mass is 10.1. The van der Waals surface area contributed by atoms with Gasteiger partial charge in [0.25, 0.3) is 0 Å². The average molecular weight is 330 g/mol. The van der Waals surface area contributed by atoms with E-state index in [0.29, 0.717) is 0 Å². The quantitative estimate of drug-likeness (QED) is 0.679. The Labute approximate surface area is 148 Å². The summed E-state index contributed by atoms with van der Waals surface area (Å²) >= 11 is 0. The van der Waals surface area contributed by atoms with Crippen LogP contribution in [0.2, 0.25) is 0 Å². The molecule has 4 nitrogen and oxygen atoms in total. The molecular weight excluding hydrogens is 308 g/mol. The van der Waals surface area contributed by atoms with Crippen LogP contribution >= 0.6 is 0 Å². The van der Waals surface area contributed by atoms with Crippen LogP contribution in [0.1, 0.15) is 18.1 Å². The smallest absolute Gasteiger partial charge is 0.0866 e. The lowest BCUT2D eigenvalue weighted by molar-refractivity contribution is 1.07. The molecule has 0 saturated heterocycles. The highest BCUT2D eigenvalue weighted by molar-refractivity contribution is 6.16. The number of hydrogen-bond acceptors (Lipinski definition) is 3. The van der Waals surface area contributed by atoms with E-state index in [1.54, 1.807) is 6.20 Å². The molecule has 2 aromatic carbocycles. The zero-order valence-corrected chi connectivity index (χ0v) is 14.4. The summed E-state index contributed by atoms with van der Waals surface area (Å²) in [5.41, 5.74) is 11.1. The van der Waals surface area contributed by atoms with Gasteiger partial charge in [0.05, 0.1) is 17.9 Å². The third-order valence-electron chi connectivity index (χ3n) is 4.21. The van der Waals surface area contributed by atoms with E-state index in [9.17, 15) is 0 Å². The predicted molar refractivity (Wildman–Crippen MR) is 107 cm³/mol. The van der Waals surface area contributed by atoms with Gasteiger partial charge in [-0.1, -0.05) is 37.3 Å². The summed E-state index contributed by atoms with van der Waals surface area (Å²) in [4.78, 5) is 8.21. The number of nitrogens with zero attached hydrogens (tertiary/aromatic N) is 3. The molecule has 126 valence electrons. The molecule has 0 unspecified atom stereocenters. The molecule has 0 bridgehead atoms. The maximum Gasteiger partial charge on any atom is 0.0866 e. The van der Waals surface area contributed by atoms with Crippen LogP contribution in [0.4, 0.5) is 0 Å². The molecule has 2 N–H and O–H groups in total. The monoisotopic (exact) mass is 330 g/mol. The lowest BCUT2D eigenvalue weighted by Gasteiger charge is -2.06. The van der Waals surface area contributed by atoms with Crippen molar-refractivity contribution in [2.45, 2.75) is 13.3 Å². The van der Waals surface area contributed by atoms with Gasteiger partial charge in [0.15, 0.2) is 0 Å². The average Bonchev–Trinajstić information content (AvgIpc) is 3.05. The van der Waals surface area contributed by atoms with E-state index >= 15 is 0 Å². The standard InChI is InChI=1S/C21H22N4/c1-3-16-8-10-17(11-9-16)25-14-19(18-6-4-5-7-21(18)25)20(24-15-22)12-13-23-2/h4-14H,2-3,15,22H2,1H3/b13-12-,24-20?. The molecule has 0 aliphatic rings. The number of allylic oxidation sites excluding steroid dienone is 1. The van der Waals surface area contributed by atoms with E-state index in [1.165, 1.54) is 5.56 Å². The molecular formula is C21H22N4. The van der Waals surface area contributed by atoms with Crippen molar-refractivity contribution >= 4 is 23.3 Å². The third-order valence-corrected chi connectivity index (χ3v) is 4.21. The van der Waals surface area contributed by atoms with E-state index in [2.05, 4.69) is 70.8 Å². The van der Waals surface area contributed by atoms with Gasteiger partial charge in [-0.25, -0.2) is 0 Å². The Morgan fingerprint density at radius 1 is 1.16 bits per heavy atom. The number of hydrogen-bond donors (Lipinski definition) is 1. The van der Waals surface area contributed by atoms with Gasteiger partial charge in [-0.3, -0.25) is 9.98 Å². The first-order chi connectivity index (χ1) is 12.3. The fourth-order valence-electron chi connectivity index (χ4n) is 2.94. The van der Waals surface area contributed by atoms with Crippen LogP contribution in [0.25, 0.3) is 16.6 Å². The van der Waals surface area contributed by atoms with Crippen LogP contribution in [0, 0.1) is 0 Å². The number of aromatic nitrogens is 1. The van der Waals surface area contributed by atoms with E-state index in [1.807, 2.05) is 18.2 Å². The van der Waals surface area contributed by atoms with Crippen LogP contribution < -0.4 is 5.73 Å². The highest BCUT2D eigenvalue weighted by atomic mass is 15.0. The van der Waals surface area contributed by atoms with Crippen LogP contribution in [0.15, 0.2) is 77.0 Å². The van der Waals surface area contributed by atoms with Gasteiger partial charge in [-0.05, 0) is 43.0 Å². The summed E-state index contributed by atoms with van der Waals surface area (Å²) in [7, 11) is 0. The summed E-state index contributed by atoms with van der Waals surface area (Å²) in [6, 6.07) is 16.9. The van der Waals surface area contributed by atoms with Gasteiger partial charge in [-0.2, -0.15) is 0 Å². The summed E-state index contributed by atoms with van der Waals surface area (Å²) in [6.45, 7) is 5.87. The Morgan fingerprint density at radius 3 is 2.60 bits per heavy atom. The van der Waals surface area contributed by atoms with Crippen molar-refractivity contribution in [1.82, 2.24) is 4.57 Å². The minimum absolute atomic E-state index is 0.224. The van der Waals surface area contributed by atoms with Gasteiger partial charge in [0.2, 0.25) is 0 Å². The molecule has 4 heteroatoms. The van der Waals surface area contributed by atoms with Crippen LogP contribution in [0.3, 0.4) is 0 Å². The summed E-state index contributed by atoms with van der Waals surface area (Å²) in [5.74, 6) is 0. The zero-order valence-electron chi connectivity index (χ0n) is 14.4. The normalized spacial score (nSPS) is 12.2. The Bertz CT molecular complexity index is 930. The molecule has 0 spiro atoms. The van der Waals surface area contributed by atoms with Gasteiger partial charge in [0.1, 0.15) is 0 Å². The molecule has 25 heavy (non-hydrogen) atoms. The fourth-order valence-corrected chi connectivity index (χ4v) is 2.94. The Morgan fingerprint density at radius 2 is 1.92 bits per heavy atom. The fraction of sp³-hybridized carbons (Fsp3) is 0.143. The van der Waals surface area contributed by atoms with Gasteiger partial charge in [-0.15, -0.1) is 0 Å². The molecule has 0 atom stereocenters. The Balaban J connectivity index is 2.19. The number of rotatable bonds is 6. The van der Waals surface area contributed by atoms with Gasteiger partial charge in [0, 0.05) is 29.0 Å². The molecule has 0 radical (unpaired) electrons. The van der Waals surface area contributed by atoms with Gasteiger partial charge >= 0.3 is 0 Å². The van der Waals surface area contributed by atoms with E-state index in [-0.39, 0.29) is 6.67 Å². The number of fused-ring (bicyclic) bond motifs is 1. The second-order valence-electron chi connectivity index (χ2n) is 5.67. The lowest BCUT2D eigenvalue weighted by Crippen LogP contribution is -2.03. The second kappa shape index (κ2) is 7.73. The SMILES string of the molecule is C=N/C=C\C(=NCN)c1cn(-c2ccc(CC)cc2)c2ccccc12.